The Kier molecular flexibility index (Phi) is 4.01. The minimum atomic E-state index is -0.817. The van der Waals surface area contributed by atoms with Crippen LogP contribution in [0, 0.1) is 6.92 Å². The third-order valence-corrected chi connectivity index (χ3v) is 4.78. The molecule has 2 aromatic rings. The monoisotopic (exact) mass is 302 g/mol. The van der Waals surface area contributed by atoms with Crippen molar-refractivity contribution in [2.75, 3.05) is 5.75 Å². The Balaban J connectivity index is 2.04. The normalized spacial score (nSPS) is 14.0. The van der Waals surface area contributed by atoms with Crippen LogP contribution < -0.4 is 0 Å². The molecule has 110 valence electrons. The van der Waals surface area contributed by atoms with E-state index in [4.69, 9.17) is 5.11 Å². The number of imidazole rings is 1. The second-order valence-electron chi connectivity index (χ2n) is 5.32. The smallest absolute Gasteiger partial charge is 0.313 e. The Morgan fingerprint density at radius 1 is 1.38 bits per heavy atom. The van der Waals surface area contributed by atoms with Gasteiger partial charge in [0.05, 0.1) is 11.4 Å². The average molecular weight is 302 g/mol. The maximum atomic E-state index is 10.8. The zero-order valence-corrected chi connectivity index (χ0v) is 12.8. The van der Waals surface area contributed by atoms with Crippen molar-refractivity contribution in [3.05, 3.63) is 41.2 Å². The maximum absolute atomic E-state index is 10.8. The molecule has 0 saturated heterocycles. The number of nitrogens with zero attached hydrogens (tertiary/aromatic N) is 2. The van der Waals surface area contributed by atoms with Crippen LogP contribution in [0.25, 0.3) is 5.69 Å². The van der Waals surface area contributed by atoms with E-state index in [9.17, 15) is 4.79 Å². The number of aromatic nitrogens is 2. The van der Waals surface area contributed by atoms with E-state index in [0.717, 1.165) is 29.4 Å². The summed E-state index contributed by atoms with van der Waals surface area (Å²) in [5, 5.41) is 9.64. The second-order valence-corrected chi connectivity index (χ2v) is 6.26. The number of aryl methyl sites for hydroxylation is 2. The van der Waals surface area contributed by atoms with Gasteiger partial charge < -0.3 is 5.11 Å². The predicted octanol–water partition coefficient (Wildman–Crippen LogP) is 3.24. The third-order valence-electron chi connectivity index (χ3n) is 3.84. The van der Waals surface area contributed by atoms with Crippen molar-refractivity contribution in [2.24, 2.45) is 0 Å². The number of carboxylic acid groups (broad SMARTS) is 1. The molecular formula is C16H18N2O2S. The number of aliphatic carboxylic acids is 1. The van der Waals surface area contributed by atoms with Gasteiger partial charge in [-0.25, -0.2) is 4.98 Å². The van der Waals surface area contributed by atoms with E-state index in [0.29, 0.717) is 0 Å². The molecule has 1 N–H and O–H groups in total. The second kappa shape index (κ2) is 5.93. The van der Waals surface area contributed by atoms with Gasteiger partial charge in [0.15, 0.2) is 5.16 Å². The molecule has 5 heteroatoms. The Morgan fingerprint density at radius 2 is 2.19 bits per heavy atom. The van der Waals surface area contributed by atoms with Crippen LogP contribution in [-0.4, -0.2) is 26.4 Å². The lowest BCUT2D eigenvalue weighted by molar-refractivity contribution is -0.133. The van der Waals surface area contributed by atoms with Crippen LogP contribution in [0.4, 0.5) is 0 Å². The molecular weight excluding hydrogens is 284 g/mol. The van der Waals surface area contributed by atoms with Gasteiger partial charge in [0, 0.05) is 11.9 Å². The van der Waals surface area contributed by atoms with E-state index >= 15 is 0 Å². The van der Waals surface area contributed by atoms with Crippen LogP contribution in [0.15, 0.2) is 29.6 Å². The van der Waals surface area contributed by atoms with Crippen molar-refractivity contribution in [3.63, 3.8) is 0 Å². The van der Waals surface area contributed by atoms with Gasteiger partial charge in [-0.1, -0.05) is 23.9 Å². The third kappa shape index (κ3) is 2.83. The van der Waals surface area contributed by atoms with Gasteiger partial charge in [-0.3, -0.25) is 9.36 Å². The molecule has 3 rings (SSSR count). The fraction of sp³-hybridized carbons (Fsp3) is 0.375. The quantitative estimate of drug-likeness (QED) is 0.881. The number of hydrogen-bond donors (Lipinski definition) is 1. The highest BCUT2D eigenvalue weighted by atomic mass is 32.2. The zero-order chi connectivity index (χ0) is 14.8. The van der Waals surface area contributed by atoms with Crippen molar-refractivity contribution in [2.45, 2.75) is 37.8 Å². The van der Waals surface area contributed by atoms with Gasteiger partial charge in [0.25, 0.3) is 0 Å². The summed E-state index contributed by atoms with van der Waals surface area (Å²) in [4.78, 5) is 15.2. The molecule has 21 heavy (non-hydrogen) atoms. The fourth-order valence-corrected chi connectivity index (χ4v) is 3.66. The molecule has 0 unspecified atom stereocenters. The molecule has 0 spiro atoms. The van der Waals surface area contributed by atoms with Crippen molar-refractivity contribution >= 4 is 17.7 Å². The van der Waals surface area contributed by atoms with E-state index < -0.39 is 5.97 Å². The number of fused-ring (bicyclic) bond motifs is 1. The molecule has 4 nitrogen and oxygen atoms in total. The number of carboxylic acids is 1. The van der Waals surface area contributed by atoms with Crippen LogP contribution in [0.5, 0.6) is 0 Å². The summed E-state index contributed by atoms with van der Waals surface area (Å²) in [5.74, 6) is -0.784. The highest BCUT2D eigenvalue weighted by Crippen LogP contribution is 2.30. The van der Waals surface area contributed by atoms with Gasteiger partial charge in [0.2, 0.25) is 0 Å². The summed E-state index contributed by atoms with van der Waals surface area (Å²) in [6.07, 6.45) is 6.50. The molecule has 0 amide bonds. The summed E-state index contributed by atoms with van der Waals surface area (Å²) in [6, 6.07) is 6.41. The average Bonchev–Trinajstić information content (AvgIpc) is 2.85. The lowest BCUT2D eigenvalue weighted by atomic mass is 9.90. The highest BCUT2D eigenvalue weighted by Gasteiger charge is 2.18. The summed E-state index contributed by atoms with van der Waals surface area (Å²) in [5.41, 5.74) is 5.01. The number of thioether (sulfide) groups is 1. The van der Waals surface area contributed by atoms with Crippen LogP contribution in [0.1, 0.15) is 29.7 Å². The molecule has 0 saturated carbocycles. The molecule has 0 radical (unpaired) electrons. The van der Waals surface area contributed by atoms with Gasteiger partial charge in [-0.2, -0.15) is 0 Å². The molecule has 0 atom stereocenters. The zero-order valence-electron chi connectivity index (χ0n) is 12.0. The number of carbonyl (C=O) groups is 1. The molecule has 1 aromatic carbocycles. The minimum absolute atomic E-state index is 0.0332. The van der Waals surface area contributed by atoms with Gasteiger partial charge >= 0.3 is 5.97 Å². The first-order chi connectivity index (χ1) is 10.2. The molecule has 1 aliphatic rings. The first-order valence-electron chi connectivity index (χ1n) is 7.17. The van der Waals surface area contributed by atoms with E-state index in [1.165, 1.54) is 35.7 Å². The number of benzene rings is 1. The molecule has 1 heterocycles. The van der Waals surface area contributed by atoms with Crippen molar-refractivity contribution in [3.8, 4) is 5.69 Å². The lowest BCUT2D eigenvalue weighted by Crippen LogP contribution is -2.10. The summed E-state index contributed by atoms with van der Waals surface area (Å²) in [7, 11) is 0. The number of hydrogen-bond acceptors (Lipinski definition) is 3. The van der Waals surface area contributed by atoms with Gasteiger partial charge in [-0.15, -0.1) is 0 Å². The van der Waals surface area contributed by atoms with Crippen molar-refractivity contribution in [1.29, 1.82) is 0 Å². The van der Waals surface area contributed by atoms with Crippen molar-refractivity contribution in [1.82, 2.24) is 9.55 Å². The van der Waals surface area contributed by atoms with Gasteiger partial charge in [-0.05, 0) is 49.8 Å². The van der Waals surface area contributed by atoms with Crippen LogP contribution in [-0.2, 0) is 17.6 Å². The topological polar surface area (TPSA) is 55.1 Å². The summed E-state index contributed by atoms with van der Waals surface area (Å²) >= 11 is 1.27. The first kappa shape index (κ1) is 14.2. The Morgan fingerprint density at radius 3 is 3.00 bits per heavy atom. The van der Waals surface area contributed by atoms with Crippen molar-refractivity contribution < 1.29 is 9.90 Å². The Hall–Kier alpha value is -1.75. The molecule has 0 aliphatic heterocycles. The standard InChI is InChI=1S/C16H18N2O2S/c1-11-9-17-16(21-10-15(19)20)18(11)14-8-4-6-12-5-2-3-7-13(12)14/h4,6,8-9H,2-3,5,7,10H2,1H3,(H,19,20). The molecule has 0 bridgehead atoms. The maximum Gasteiger partial charge on any atom is 0.313 e. The first-order valence-corrected chi connectivity index (χ1v) is 8.15. The minimum Gasteiger partial charge on any atom is -0.481 e. The van der Waals surface area contributed by atoms with Crippen LogP contribution in [0.2, 0.25) is 0 Å². The van der Waals surface area contributed by atoms with E-state index in [-0.39, 0.29) is 5.75 Å². The number of rotatable bonds is 4. The van der Waals surface area contributed by atoms with E-state index in [2.05, 4.69) is 27.8 Å². The summed E-state index contributed by atoms with van der Waals surface area (Å²) < 4.78 is 2.09. The SMILES string of the molecule is Cc1cnc(SCC(=O)O)n1-c1cccc2c1CCCC2. The Bertz CT molecular complexity index is 679. The lowest BCUT2D eigenvalue weighted by Gasteiger charge is -2.21. The largest absolute Gasteiger partial charge is 0.481 e. The summed E-state index contributed by atoms with van der Waals surface area (Å²) in [6.45, 7) is 2.01. The molecule has 1 aliphatic carbocycles. The molecule has 0 fully saturated rings. The van der Waals surface area contributed by atoms with Crippen LogP contribution in [0.3, 0.4) is 0 Å². The molecule has 1 aromatic heterocycles. The van der Waals surface area contributed by atoms with Gasteiger partial charge in [0.1, 0.15) is 0 Å². The van der Waals surface area contributed by atoms with E-state index in [1.54, 1.807) is 0 Å². The van der Waals surface area contributed by atoms with E-state index in [1.807, 2.05) is 13.1 Å². The predicted molar refractivity (Wildman–Crippen MR) is 83.3 cm³/mol. The Labute approximate surface area is 128 Å². The fourth-order valence-electron chi connectivity index (χ4n) is 2.91. The highest BCUT2D eigenvalue weighted by molar-refractivity contribution is 7.99. The van der Waals surface area contributed by atoms with Crippen LogP contribution >= 0.6 is 11.8 Å².